The fourth-order valence-corrected chi connectivity index (χ4v) is 7.07. The van der Waals surface area contributed by atoms with Crippen LogP contribution in [0.15, 0.2) is 114 Å². The molecule has 0 spiro atoms. The number of fused-ring (bicyclic) bond motifs is 6. The van der Waals surface area contributed by atoms with E-state index in [1.807, 2.05) is 59.6 Å². The van der Waals surface area contributed by atoms with Crippen LogP contribution >= 0.6 is 0 Å². The average molecular weight is 652 g/mol. The topological polar surface area (TPSA) is 54.8 Å². The lowest BCUT2D eigenvalue weighted by Gasteiger charge is -2.49. The maximum atomic E-state index is 15.5. The zero-order valence-electron chi connectivity index (χ0n) is 25.8. The van der Waals surface area contributed by atoms with E-state index in [2.05, 4.69) is 0 Å². The molecular weight excluding hydrogens is 622 g/mol. The molecule has 1 aromatic heterocycles. The van der Waals surface area contributed by atoms with E-state index in [1.54, 1.807) is 33.9 Å². The van der Waals surface area contributed by atoms with Gasteiger partial charge in [-0.15, -0.1) is 0 Å². The number of carbonyl (C=O) groups excluding carboxylic acids is 1. The van der Waals surface area contributed by atoms with Crippen molar-refractivity contribution in [2.45, 2.75) is 25.1 Å². The third kappa shape index (κ3) is 4.78. The van der Waals surface area contributed by atoms with Crippen LogP contribution < -0.4 is 15.2 Å². The lowest BCUT2D eigenvalue weighted by atomic mass is 9.83. The van der Waals surface area contributed by atoms with Gasteiger partial charge in [0.1, 0.15) is 24.6 Å². The summed E-state index contributed by atoms with van der Waals surface area (Å²) < 4.78 is 61.1. The van der Waals surface area contributed by atoms with Gasteiger partial charge >= 0.3 is 0 Å². The highest BCUT2D eigenvalue weighted by molar-refractivity contribution is 5.96. The first-order valence-electron chi connectivity index (χ1n) is 15.3. The minimum absolute atomic E-state index is 0.00549. The van der Waals surface area contributed by atoms with Crippen LogP contribution in [0.25, 0.3) is 6.08 Å². The number of alkyl halides is 1. The number of carbonyl (C=O) groups is 1. The number of rotatable bonds is 6. The van der Waals surface area contributed by atoms with E-state index in [1.165, 1.54) is 24.4 Å². The molecule has 2 heterocycles. The second-order valence-electron chi connectivity index (χ2n) is 11.7. The predicted molar refractivity (Wildman–Crippen MR) is 173 cm³/mol. The summed E-state index contributed by atoms with van der Waals surface area (Å²) in [6, 6.07) is 27.0. The fraction of sp³-hybridized carbons (Fsp3) is 0.158. The number of amides is 1. The highest BCUT2D eigenvalue weighted by Gasteiger charge is 2.56. The Hall–Kier alpha value is -5.64. The first-order valence-corrected chi connectivity index (χ1v) is 15.3. The maximum absolute atomic E-state index is 15.5. The number of nitrogens with zero attached hydrogens (tertiary/aromatic N) is 3. The number of pyridine rings is 1. The molecule has 0 saturated heterocycles. The summed E-state index contributed by atoms with van der Waals surface area (Å²) in [5, 5.41) is 1.92. The molecule has 2 aliphatic carbocycles. The van der Waals surface area contributed by atoms with Crippen LogP contribution in [-0.4, -0.2) is 29.3 Å². The van der Waals surface area contributed by atoms with Crippen molar-refractivity contribution < 1.29 is 27.1 Å². The smallest absolute Gasteiger partial charge is 0.278 e. The van der Waals surface area contributed by atoms with E-state index in [4.69, 9.17) is 4.74 Å². The molecule has 1 unspecified atom stereocenters. The van der Waals surface area contributed by atoms with Crippen molar-refractivity contribution in [2.24, 2.45) is 0 Å². The van der Waals surface area contributed by atoms with Crippen molar-refractivity contribution in [3.63, 3.8) is 0 Å². The van der Waals surface area contributed by atoms with Gasteiger partial charge in [-0.2, -0.15) is 0 Å². The fourth-order valence-electron chi connectivity index (χ4n) is 7.07. The van der Waals surface area contributed by atoms with Crippen LogP contribution in [0, 0.1) is 17.5 Å². The summed E-state index contributed by atoms with van der Waals surface area (Å²) in [5.74, 6) is -2.89. The Kier molecular flexibility index (Phi) is 7.87. The summed E-state index contributed by atoms with van der Waals surface area (Å²) in [6.45, 7) is 0.150. The van der Waals surface area contributed by atoms with Gasteiger partial charge in [0.15, 0.2) is 23.1 Å². The lowest BCUT2D eigenvalue weighted by molar-refractivity contribution is 0.0649. The molecule has 8 rings (SSSR count). The van der Waals surface area contributed by atoms with E-state index in [0.717, 1.165) is 28.3 Å². The first-order chi connectivity index (χ1) is 23.4. The molecule has 0 saturated carbocycles. The lowest BCUT2D eigenvalue weighted by Crippen LogP contribution is -2.62. The molecule has 1 amide bonds. The van der Waals surface area contributed by atoms with Crippen molar-refractivity contribution in [2.75, 3.05) is 18.9 Å². The Morgan fingerprint density at radius 1 is 0.792 bits per heavy atom. The molecule has 4 aromatic carbocycles. The zero-order chi connectivity index (χ0) is 33.6. The number of hydrogen-bond donors (Lipinski definition) is 0. The third-order valence-electron chi connectivity index (χ3n) is 9.08. The highest BCUT2D eigenvalue weighted by Crippen LogP contribution is 2.56. The number of benzene rings is 4. The molecule has 0 N–H and O–H groups in total. The maximum Gasteiger partial charge on any atom is 0.278 e. The number of ether oxygens (including phenoxy) is 1. The standard InChI is InChI=1S/C37H26F3N3O3.CH3F/c38-27-12-10-23(11-13-27)20-41-22-43(42-17-16-32(44)35(34(42)36(41)45)46-21-24-6-2-1-3-7-24)37-26(18-25-8-4-5-9-29(25)37)19-28-30(37)14-15-31(39)33(28)40;1-2/h1-17,19H,18,20-22H2;1H3. The number of aromatic nitrogens is 1. The number of halogens is 4. The van der Waals surface area contributed by atoms with Gasteiger partial charge in [-0.1, -0.05) is 72.8 Å². The molecule has 1 aliphatic heterocycles. The SMILES string of the molecule is CF.O=C1c2c(OCc3ccccc3)c(=O)ccn2N(C23C(=Cc4c2ccc(F)c4F)Cc2ccccc23)CN1Cc1ccc(F)cc1. The van der Waals surface area contributed by atoms with E-state index >= 15 is 4.39 Å². The zero-order valence-corrected chi connectivity index (χ0v) is 25.8. The Morgan fingerprint density at radius 3 is 2.29 bits per heavy atom. The Morgan fingerprint density at radius 2 is 1.52 bits per heavy atom. The van der Waals surface area contributed by atoms with Crippen LogP contribution in [0.5, 0.6) is 5.75 Å². The normalized spacial score (nSPS) is 17.1. The summed E-state index contributed by atoms with van der Waals surface area (Å²) in [7, 11) is 0.500. The molecule has 5 aromatic rings. The van der Waals surface area contributed by atoms with E-state index in [9.17, 15) is 22.8 Å². The quantitative estimate of drug-likeness (QED) is 0.188. The van der Waals surface area contributed by atoms with Crippen LogP contribution in [0.2, 0.25) is 0 Å². The second kappa shape index (κ2) is 12.2. The van der Waals surface area contributed by atoms with Gasteiger partial charge in [0.25, 0.3) is 5.91 Å². The molecular formula is C38H29F4N3O3. The summed E-state index contributed by atoms with van der Waals surface area (Å²) >= 11 is 0. The third-order valence-corrected chi connectivity index (χ3v) is 9.08. The van der Waals surface area contributed by atoms with Gasteiger partial charge < -0.3 is 9.64 Å². The average Bonchev–Trinajstić information content (AvgIpc) is 3.61. The molecule has 0 fully saturated rings. The molecule has 0 bridgehead atoms. The van der Waals surface area contributed by atoms with Gasteiger partial charge in [0, 0.05) is 24.4 Å². The van der Waals surface area contributed by atoms with E-state index in [-0.39, 0.29) is 36.8 Å². The largest absolute Gasteiger partial charge is 0.482 e. The predicted octanol–water partition coefficient (Wildman–Crippen LogP) is 6.88. The minimum atomic E-state index is -1.14. The molecule has 10 heteroatoms. The van der Waals surface area contributed by atoms with E-state index < -0.39 is 34.3 Å². The number of hydrogen-bond acceptors (Lipinski definition) is 4. The van der Waals surface area contributed by atoms with Crippen LogP contribution in [0.1, 0.15) is 43.9 Å². The molecule has 242 valence electrons. The van der Waals surface area contributed by atoms with Crippen molar-refractivity contribution in [3.8, 4) is 5.75 Å². The molecule has 48 heavy (non-hydrogen) atoms. The van der Waals surface area contributed by atoms with Gasteiger partial charge in [0.05, 0.1) is 7.18 Å². The van der Waals surface area contributed by atoms with Crippen molar-refractivity contribution in [1.82, 2.24) is 9.58 Å². The van der Waals surface area contributed by atoms with Crippen LogP contribution in [0.3, 0.4) is 0 Å². The van der Waals surface area contributed by atoms with Gasteiger partial charge in [0.2, 0.25) is 5.43 Å². The molecule has 3 aliphatic rings. The summed E-state index contributed by atoms with van der Waals surface area (Å²) in [6.07, 6.45) is 3.70. The van der Waals surface area contributed by atoms with Crippen molar-refractivity contribution in [3.05, 3.63) is 176 Å². The monoisotopic (exact) mass is 651 g/mol. The Balaban J connectivity index is 0.00000179. The van der Waals surface area contributed by atoms with Crippen molar-refractivity contribution in [1.29, 1.82) is 0 Å². The Bertz CT molecular complexity index is 2130. The van der Waals surface area contributed by atoms with Crippen LogP contribution in [0.4, 0.5) is 17.6 Å². The van der Waals surface area contributed by atoms with E-state index in [0.29, 0.717) is 24.7 Å². The van der Waals surface area contributed by atoms with Gasteiger partial charge in [-0.05, 0) is 64.1 Å². The molecule has 6 nitrogen and oxygen atoms in total. The van der Waals surface area contributed by atoms with Crippen LogP contribution in [-0.2, 0) is 25.1 Å². The first kappa shape index (κ1) is 31.0. The summed E-state index contributed by atoms with van der Waals surface area (Å²) in [5.41, 5.74) is 3.23. The van der Waals surface area contributed by atoms with Crippen molar-refractivity contribution >= 4 is 12.0 Å². The Labute approximate surface area is 273 Å². The second-order valence-corrected chi connectivity index (χ2v) is 11.7. The van der Waals surface area contributed by atoms with Gasteiger partial charge in [-0.3, -0.25) is 23.7 Å². The summed E-state index contributed by atoms with van der Waals surface area (Å²) in [4.78, 5) is 29.4. The highest BCUT2D eigenvalue weighted by atomic mass is 19.2. The minimum Gasteiger partial charge on any atom is -0.482 e. The molecule has 0 radical (unpaired) electrons. The van der Waals surface area contributed by atoms with Gasteiger partial charge in [-0.25, -0.2) is 13.2 Å². The molecule has 1 atom stereocenters.